The summed E-state index contributed by atoms with van der Waals surface area (Å²) in [5.74, 6) is 0.259. The number of carbonyl (C=O) groups is 1. The monoisotopic (exact) mass is 250 g/mol. The number of benzene rings is 1. The van der Waals surface area contributed by atoms with Gasteiger partial charge in [0.05, 0.1) is 6.54 Å². The largest absolute Gasteiger partial charge is 0.325 e. The molecule has 0 aliphatic heterocycles. The summed E-state index contributed by atoms with van der Waals surface area (Å²) in [7, 11) is 0. The molecule has 3 nitrogen and oxygen atoms in total. The highest BCUT2D eigenvalue weighted by atomic mass is 19.1. The molecule has 0 radical (unpaired) electrons. The van der Waals surface area contributed by atoms with E-state index in [-0.39, 0.29) is 11.7 Å². The van der Waals surface area contributed by atoms with Crippen LogP contribution in [0.5, 0.6) is 0 Å². The molecule has 2 unspecified atom stereocenters. The highest BCUT2D eigenvalue weighted by molar-refractivity contribution is 5.92. The lowest BCUT2D eigenvalue weighted by atomic mass is 10.1. The minimum absolute atomic E-state index is 0.0827. The van der Waals surface area contributed by atoms with Crippen molar-refractivity contribution in [3.63, 3.8) is 0 Å². The first-order chi connectivity index (χ1) is 8.65. The third-order valence-corrected chi connectivity index (χ3v) is 3.51. The van der Waals surface area contributed by atoms with E-state index in [0.29, 0.717) is 24.2 Å². The van der Waals surface area contributed by atoms with Crippen molar-refractivity contribution in [1.29, 1.82) is 0 Å². The molecule has 1 aromatic rings. The van der Waals surface area contributed by atoms with Gasteiger partial charge in [-0.05, 0) is 43.0 Å². The van der Waals surface area contributed by atoms with Crippen LogP contribution < -0.4 is 10.6 Å². The van der Waals surface area contributed by atoms with Crippen LogP contribution in [-0.4, -0.2) is 18.5 Å². The number of amides is 1. The van der Waals surface area contributed by atoms with E-state index in [1.165, 1.54) is 25.0 Å². The van der Waals surface area contributed by atoms with Crippen LogP contribution in [0.3, 0.4) is 0 Å². The number of anilines is 1. The van der Waals surface area contributed by atoms with Crippen molar-refractivity contribution < 1.29 is 9.18 Å². The van der Waals surface area contributed by atoms with Gasteiger partial charge in [-0.1, -0.05) is 13.3 Å². The van der Waals surface area contributed by atoms with Crippen molar-refractivity contribution in [1.82, 2.24) is 5.32 Å². The summed E-state index contributed by atoms with van der Waals surface area (Å²) in [5.41, 5.74) is 0.627. The Morgan fingerprint density at radius 2 is 2.06 bits per heavy atom. The minimum Gasteiger partial charge on any atom is -0.325 e. The number of nitrogens with one attached hydrogen (secondary N) is 2. The fourth-order valence-electron chi connectivity index (χ4n) is 2.41. The maximum atomic E-state index is 12.7. The minimum atomic E-state index is -0.300. The van der Waals surface area contributed by atoms with Gasteiger partial charge in [-0.15, -0.1) is 0 Å². The Kier molecular flexibility index (Phi) is 4.31. The SMILES string of the molecule is CC1CCCC1NCC(=O)Nc1ccc(F)cc1. The van der Waals surface area contributed by atoms with E-state index in [1.807, 2.05) is 0 Å². The molecular weight excluding hydrogens is 231 g/mol. The highest BCUT2D eigenvalue weighted by Crippen LogP contribution is 2.24. The van der Waals surface area contributed by atoms with Gasteiger partial charge in [-0.2, -0.15) is 0 Å². The maximum absolute atomic E-state index is 12.7. The molecule has 2 N–H and O–H groups in total. The summed E-state index contributed by atoms with van der Waals surface area (Å²) in [6.07, 6.45) is 3.61. The Morgan fingerprint density at radius 1 is 1.33 bits per heavy atom. The van der Waals surface area contributed by atoms with Gasteiger partial charge in [-0.25, -0.2) is 4.39 Å². The molecule has 1 aromatic carbocycles. The zero-order chi connectivity index (χ0) is 13.0. The fourth-order valence-corrected chi connectivity index (χ4v) is 2.41. The Labute approximate surface area is 107 Å². The van der Waals surface area contributed by atoms with E-state index in [1.54, 1.807) is 12.1 Å². The predicted molar refractivity (Wildman–Crippen MR) is 69.8 cm³/mol. The second kappa shape index (κ2) is 5.96. The highest BCUT2D eigenvalue weighted by Gasteiger charge is 2.23. The molecule has 1 fully saturated rings. The Bertz CT molecular complexity index is 405. The molecule has 18 heavy (non-hydrogen) atoms. The van der Waals surface area contributed by atoms with Crippen molar-refractivity contribution in [2.75, 3.05) is 11.9 Å². The van der Waals surface area contributed by atoms with Gasteiger partial charge in [0.25, 0.3) is 0 Å². The lowest BCUT2D eigenvalue weighted by Crippen LogP contribution is -2.37. The first-order valence-electron chi connectivity index (χ1n) is 6.44. The molecule has 2 rings (SSSR count). The molecule has 0 spiro atoms. The fraction of sp³-hybridized carbons (Fsp3) is 0.500. The molecule has 98 valence electrons. The van der Waals surface area contributed by atoms with Gasteiger partial charge in [0.1, 0.15) is 5.82 Å². The predicted octanol–water partition coefficient (Wildman–Crippen LogP) is 2.54. The third-order valence-electron chi connectivity index (χ3n) is 3.51. The van der Waals surface area contributed by atoms with Gasteiger partial charge in [0.2, 0.25) is 5.91 Å². The van der Waals surface area contributed by atoms with Crippen LogP contribution in [0, 0.1) is 11.7 Å². The topological polar surface area (TPSA) is 41.1 Å². The smallest absolute Gasteiger partial charge is 0.238 e. The summed E-state index contributed by atoms with van der Waals surface area (Å²) < 4.78 is 12.7. The second-order valence-electron chi connectivity index (χ2n) is 4.95. The zero-order valence-corrected chi connectivity index (χ0v) is 10.6. The summed E-state index contributed by atoms with van der Waals surface area (Å²) in [4.78, 5) is 11.7. The summed E-state index contributed by atoms with van der Waals surface area (Å²) in [5, 5.41) is 6.02. The molecule has 0 heterocycles. The van der Waals surface area contributed by atoms with E-state index >= 15 is 0 Å². The summed E-state index contributed by atoms with van der Waals surface area (Å²) in [6, 6.07) is 6.24. The lowest BCUT2D eigenvalue weighted by molar-refractivity contribution is -0.115. The summed E-state index contributed by atoms with van der Waals surface area (Å²) >= 11 is 0. The van der Waals surface area contributed by atoms with Gasteiger partial charge in [-0.3, -0.25) is 4.79 Å². The molecule has 0 saturated heterocycles. The van der Waals surface area contributed by atoms with Crippen LogP contribution in [0.4, 0.5) is 10.1 Å². The molecule has 1 aliphatic carbocycles. The van der Waals surface area contributed by atoms with Crippen molar-refractivity contribution in [2.45, 2.75) is 32.2 Å². The van der Waals surface area contributed by atoms with Crippen molar-refractivity contribution in [3.8, 4) is 0 Å². The first kappa shape index (κ1) is 13.0. The average Bonchev–Trinajstić information content (AvgIpc) is 2.75. The van der Waals surface area contributed by atoms with Crippen LogP contribution in [0.25, 0.3) is 0 Å². The van der Waals surface area contributed by atoms with E-state index in [4.69, 9.17) is 0 Å². The van der Waals surface area contributed by atoms with Gasteiger partial charge >= 0.3 is 0 Å². The molecule has 2 atom stereocenters. The van der Waals surface area contributed by atoms with Crippen LogP contribution in [-0.2, 0) is 4.79 Å². The Morgan fingerprint density at radius 3 is 2.67 bits per heavy atom. The number of hydrogen-bond donors (Lipinski definition) is 2. The normalized spacial score (nSPS) is 23.0. The van der Waals surface area contributed by atoms with Crippen molar-refractivity contribution in [2.24, 2.45) is 5.92 Å². The van der Waals surface area contributed by atoms with E-state index < -0.39 is 0 Å². The number of carbonyl (C=O) groups excluding carboxylic acids is 1. The maximum Gasteiger partial charge on any atom is 0.238 e. The van der Waals surface area contributed by atoms with Crippen LogP contribution in [0.15, 0.2) is 24.3 Å². The molecule has 4 heteroatoms. The Hall–Kier alpha value is -1.42. The molecule has 1 aliphatic rings. The molecule has 0 aromatic heterocycles. The van der Waals surface area contributed by atoms with Gasteiger partial charge in [0, 0.05) is 11.7 Å². The van der Waals surface area contributed by atoms with Crippen LogP contribution >= 0.6 is 0 Å². The lowest BCUT2D eigenvalue weighted by Gasteiger charge is -2.16. The molecular formula is C14H19FN2O. The zero-order valence-electron chi connectivity index (χ0n) is 10.6. The first-order valence-corrected chi connectivity index (χ1v) is 6.44. The summed E-state index contributed by atoms with van der Waals surface area (Å²) in [6.45, 7) is 2.52. The number of hydrogen-bond acceptors (Lipinski definition) is 2. The molecule has 0 bridgehead atoms. The number of rotatable bonds is 4. The number of halogens is 1. The second-order valence-corrected chi connectivity index (χ2v) is 4.95. The standard InChI is InChI=1S/C14H19FN2O/c1-10-3-2-4-13(10)16-9-14(18)17-12-7-5-11(15)6-8-12/h5-8,10,13,16H,2-4,9H2,1H3,(H,17,18). The van der Waals surface area contributed by atoms with Gasteiger partial charge in [0.15, 0.2) is 0 Å². The van der Waals surface area contributed by atoms with Crippen molar-refractivity contribution in [3.05, 3.63) is 30.1 Å². The van der Waals surface area contributed by atoms with Crippen LogP contribution in [0.1, 0.15) is 26.2 Å². The quantitative estimate of drug-likeness (QED) is 0.862. The van der Waals surface area contributed by atoms with E-state index in [0.717, 1.165) is 6.42 Å². The third kappa shape index (κ3) is 3.53. The molecule has 1 saturated carbocycles. The van der Waals surface area contributed by atoms with E-state index in [2.05, 4.69) is 17.6 Å². The van der Waals surface area contributed by atoms with Crippen molar-refractivity contribution >= 4 is 11.6 Å². The van der Waals surface area contributed by atoms with Gasteiger partial charge < -0.3 is 10.6 Å². The van der Waals surface area contributed by atoms with E-state index in [9.17, 15) is 9.18 Å². The molecule has 1 amide bonds. The Balaban J connectivity index is 1.76. The van der Waals surface area contributed by atoms with Crippen LogP contribution in [0.2, 0.25) is 0 Å². The average molecular weight is 250 g/mol.